The Hall–Kier alpha value is -1.55. The quantitative estimate of drug-likeness (QED) is 0.343. The largest absolute Gasteiger partial charge is 0.409 e. The van der Waals surface area contributed by atoms with Gasteiger partial charge in [0.25, 0.3) is 0 Å². The lowest BCUT2D eigenvalue weighted by Crippen LogP contribution is -2.25. The van der Waals surface area contributed by atoms with Gasteiger partial charge in [-0.15, -0.1) is 0 Å². The molecule has 0 spiro atoms. The molecular weight excluding hydrogens is 214 g/mol. The third-order valence-corrected chi connectivity index (χ3v) is 2.78. The second-order valence-electron chi connectivity index (χ2n) is 4.01. The van der Waals surface area contributed by atoms with Crippen molar-refractivity contribution in [1.29, 1.82) is 0 Å². The predicted octanol–water partition coefficient (Wildman–Crippen LogP) is 2.01. The number of oxime groups is 1. The fraction of sp³-hybridized carbons (Fsp3) is 0.462. The lowest BCUT2D eigenvalue weighted by molar-refractivity contribution is 0.280. The smallest absolute Gasteiger partial charge is 0.170 e. The molecule has 0 unspecified atom stereocenters. The SMILES string of the molecule is CCCN(CC)Cc1ccccc1/C(N)=N/O. The minimum Gasteiger partial charge on any atom is -0.409 e. The molecule has 0 aliphatic heterocycles. The van der Waals surface area contributed by atoms with Gasteiger partial charge in [0.2, 0.25) is 0 Å². The van der Waals surface area contributed by atoms with Crippen molar-refractivity contribution in [3.05, 3.63) is 35.4 Å². The van der Waals surface area contributed by atoms with Gasteiger partial charge in [0.05, 0.1) is 0 Å². The van der Waals surface area contributed by atoms with Crippen molar-refractivity contribution in [2.24, 2.45) is 10.9 Å². The maximum atomic E-state index is 8.76. The van der Waals surface area contributed by atoms with E-state index in [9.17, 15) is 0 Å². The molecule has 1 aromatic carbocycles. The van der Waals surface area contributed by atoms with E-state index in [0.29, 0.717) is 0 Å². The number of nitrogens with zero attached hydrogens (tertiary/aromatic N) is 2. The third kappa shape index (κ3) is 3.75. The number of rotatable bonds is 6. The van der Waals surface area contributed by atoms with Crippen LogP contribution in [-0.4, -0.2) is 29.0 Å². The van der Waals surface area contributed by atoms with Crippen molar-refractivity contribution < 1.29 is 5.21 Å². The zero-order chi connectivity index (χ0) is 12.7. The van der Waals surface area contributed by atoms with E-state index in [4.69, 9.17) is 10.9 Å². The Bertz CT molecular complexity index is 377. The van der Waals surface area contributed by atoms with Crippen LogP contribution in [0.25, 0.3) is 0 Å². The molecule has 1 rings (SSSR count). The van der Waals surface area contributed by atoms with Crippen LogP contribution in [0.2, 0.25) is 0 Å². The molecule has 1 aromatic rings. The number of hydrogen-bond acceptors (Lipinski definition) is 3. The summed E-state index contributed by atoms with van der Waals surface area (Å²) < 4.78 is 0. The van der Waals surface area contributed by atoms with Gasteiger partial charge in [0.15, 0.2) is 5.84 Å². The first-order valence-corrected chi connectivity index (χ1v) is 6.01. The summed E-state index contributed by atoms with van der Waals surface area (Å²) in [4.78, 5) is 2.34. The Morgan fingerprint density at radius 2 is 2.06 bits per heavy atom. The Morgan fingerprint density at radius 1 is 1.35 bits per heavy atom. The Morgan fingerprint density at radius 3 is 2.65 bits per heavy atom. The molecule has 3 N–H and O–H groups in total. The highest BCUT2D eigenvalue weighted by atomic mass is 16.4. The first kappa shape index (κ1) is 13.5. The molecule has 0 atom stereocenters. The van der Waals surface area contributed by atoms with Gasteiger partial charge in [-0.25, -0.2) is 0 Å². The van der Waals surface area contributed by atoms with Gasteiger partial charge in [-0.2, -0.15) is 0 Å². The molecular formula is C13H21N3O. The van der Waals surface area contributed by atoms with Gasteiger partial charge >= 0.3 is 0 Å². The highest BCUT2D eigenvalue weighted by molar-refractivity contribution is 5.98. The molecule has 0 aromatic heterocycles. The Balaban J connectivity index is 2.89. The third-order valence-electron chi connectivity index (χ3n) is 2.78. The molecule has 4 nitrogen and oxygen atoms in total. The van der Waals surface area contributed by atoms with Crippen molar-refractivity contribution >= 4 is 5.84 Å². The number of amidine groups is 1. The summed E-state index contributed by atoms with van der Waals surface area (Å²) >= 11 is 0. The van der Waals surface area contributed by atoms with Crippen molar-refractivity contribution in [2.45, 2.75) is 26.8 Å². The van der Waals surface area contributed by atoms with Gasteiger partial charge in [-0.1, -0.05) is 43.3 Å². The number of benzene rings is 1. The summed E-state index contributed by atoms with van der Waals surface area (Å²) in [7, 11) is 0. The monoisotopic (exact) mass is 235 g/mol. The Labute approximate surface area is 103 Å². The minimum atomic E-state index is 0.174. The van der Waals surface area contributed by atoms with Gasteiger partial charge in [-0.3, -0.25) is 4.90 Å². The van der Waals surface area contributed by atoms with Gasteiger partial charge in [-0.05, 0) is 25.1 Å². The zero-order valence-corrected chi connectivity index (χ0v) is 10.6. The van der Waals surface area contributed by atoms with Crippen LogP contribution < -0.4 is 5.73 Å². The molecule has 4 heteroatoms. The van der Waals surface area contributed by atoms with Crippen LogP contribution in [0.3, 0.4) is 0 Å². The average molecular weight is 235 g/mol. The van der Waals surface area contributed by atoms with Crippen LogP contribution in [0, 0.1) is 0 Å². The zero-order valence-electron chi connectivity index (χ0n) is 10.6. The van der Waals surface area contributed by atoms with E-state index in [-0.39, 0.29) is 5.84 Å². The lowest BCUT2D eigenvalue weighted by Gasteiger charge is -2.21. The van der Waals surface area contributed by atoms with Gasteiger partial charge in [0.1, 0.15) is 0 Å². The summed E-state index contributed by atoms with van der Waals surface area (Å²) in [6.07, 6.45) is 1.12. The molecule has 94 valence electrons. The lowest BCUT2D eigenvalue weighted by atomic mass is 10.1. The van der Waals surface area contributed by atoms with Crippen LogP contribution in [-0.2, 0) is 6.54 Å². The van der Waals surface area contributed by atoms with Crippen molar-refractivity contribution in [2.75, 3.05) is 13.1 Å². The predicted molar refractivity (Wildman–Crippen MR) is 70.2 cm³/mol. The Kier molecular flexibility index (Phi) is 5.49. The summed E-state index contributed by atoms with van der Waals surface area (Å²) in [5.74, 6) is 0.174. The van der Waals surface area contributed by atoms with Crippen molar-refractivity contribution in [3.63, 3.8) is 0 Å². The molecule has 0 saturated carbocycles. The number of hydrogen-bond donors (Lipinski definition) is 2. The maximum Gasteiger partial charge on any atom is 0.170 e. The first-order chi connectivity index (χ1) is 8.22. The molecule has 0 heterocycles. The molecule has 17 heavy (non-hydrogen) atoms. The molecule has 0 bridgehead atoms. The van der Waals surface area contributed by atoms with E-state index >= 15 is 0 Å². The topological polar surface area (TPSA) is 61.8 Å². The normalized spacial score (nSPS) is 12.1. The van der Waals surface area contributed by atoms with Crippen molar-refractivity contribution in [1.82, 2.24) is 4.90 Å². The molecule has 0 saturated heterocycles. The standard InChI is InChI=1S/C13H21N3O/c1-3-9-16(4-2)10-11-7-5-6-8-12(11)13(14)15-17/h5-8,17H,3-4,9-10H2,1-2H3,(H2,14,15). The minimum absolute atomic E-state index is 0.174. The average Bonchev–Trinajstić information content (AvgIpc) is 2.38. The van der Waals surface area contributed by atoms with E-state index in [2.05, 4.69) is 23.9 Å². The highest BCUT2D eigenvalue weighted by Gasteiger charge is 2.09. The highest BCUT2D eigenvalue weighted by Crippen LogP contribution is 2.11. The summed E-state index contributed by atoms with van der Waals surface area (Å²) in [6, 6.07) is 7.77. The van der Waals surface area contributed by atoms with E-state index < -0.39 is 0 Å². The second kappa shape index (κ2) is 6.91. The molecule has 0 aliphatic rings. The van der Waals surface area contributed by atoms with Crippen LogP contribution in [0.4, 0.5) is 0 Å². The van der Waals surface area contributed by atoms with Crippen LogP contribution in [0.1, 0.15) is 31.4 Å². The number of nitrogens with two attached hydrogens (primary N) is 1. The summed E-state index contributed by atoms with van der Waals surface area (Å²) in [5, 5.41) is 11.8. The summed E-state index contributed by atoms with van der Waals surface area (Å²) in [5.41, 5.74) is 7.57. The second-order valence-corrected chi connectivity index (χ2v) is 4.01. The van der Waals surface area contributed by atoms with E-state index in [1.807, 2.05) is 24.3 Å². The molecule has 0 amide bonds. The molecule has 0 fully saturated rings. The van der Waals surface area contributed by atoms with E-state index in [0.717, 1.165) is 37.2 Å². The maximum absolute atomic E-state index is 8.76. The fourth-order valence-corrected chi connectivity index (χ4v) is 1.87. The van der Waals surface area contributed by atoms with Crippen LogP contribution >= 0.6 is 0 Å². The van der Waals surface area contributed by atoms with Gasteiger partial charge < -0.3 is 10.9 Å². The molecule has 0 aliphatic carbocycles. The van der Waals surface area contributed by atoms with Gasteiger partial charge in [0, 0.05) is 12.1 Å². The van der Waals surface area contributed by atoms with E-state index in [1.54, 1.807) is 0 Å². The van der Waals surface area contributed by atoms with Crippen LogP contribution in [0.15, 0.2) is 29.4 Å². The van der Waals surface area contributed by atoms with Crippen LogP contribution in [0.5, 0.6) is 0 Å². The fourth-order valence-electron chi connectivity index (χ4n) is 1.87. The van der Waals surface area contributed by atoms with Crippen molar-refractivity contribution in [3.8, 4) is 0 Å². The molecule has 0 radical (unpaired) electrons. The first-order valence-electron chi connectivity index (χ1n) is 6.01. The summed E-state index contributed by atoms with van der Waals surface area (Å²) in [6.45, 7) is 7.19. The van der Waals surface area contributed by atoms with E-state index in [1.165, 1.54) is 0 Å².